The molecule has 0 saturated carbocycles. The van der Waals surface area contributed by atoms with Crippen LogP contribution in [0.1, 0.15) is 41.8 Å². The van der Waals surface area contributed by atoms with Crippen LogP contribution in [0.2, 0.25) is 0 Å². The van der Waals surface area contributed by atoms with Crippen molar-refractivity contribution in [1.29, 1.82) is 0 Å². The quantitative estimate of drug-likeness (QED) is 0.764. The van der Waals surface area contributed by atoms with E-state index < -0.39 is 6.04 Å². The predicted molar refractivity (Wildman–Crippen MR) is 105 cm³/mol. The number of aryl methyl sites for hydroxylation is 1. The van der Waals surface area contributed by atoms with Gasteiger partial charge in [-0.1, -0.05) is 62.4 Å². The fraction of sp³-hybridized carbons (Fsp3) is 0.364. The van der Waals surface area contributed by atoms with Gasteiger partial charge in [-0.2, -0.15) is 0 Å². The molecule has 2 aromatic rings. The molecule has 0 radical (unpaired) electrons. The van der Waals surface area contributed by atoms with E-state index in [9.17, 15) is 9.59 Å². The standard InChI is InChI=1S/C22H28N2O2/c1-16(2)15-20(24-21(25)19-12-8-7-9-17(19)3)22(26)23-14-13-18-10-5-4-6-11-18/h4-12,16,20H,13-15H2,1-3H3,(H,23,26)(H,24,25). The molecule has 4 nitrogen and oxygen atoms in total. The monoisotopic (exact) mass is 352 g/mol. The summed E-state index contributed by atoms with van der Waals surface area (Å²) in [4.78, 5) is 25.2. The van der Waals surface area contributed by atoms with Crippen LogP contribution in [0.5, 0.6) is 0 Å². The molecular weight excluding hydrogens is 324 g/mol. The van der Waals surface area contributed by atoms with Gasteiger partial charge in [-0.25, -0.2) is 0 Å². The molecule has 138 valence electrons. The first-order valence-electron chi connectivity index (χ1n) is 9.15. The second-order valence-electron chi connectivity index (χ2n) is 7.00. The molecule has 0 aromatic heterocycles. The molecule has 1 unspecified atom stereocenters. The minimum Gasteiger partial charge on any atom is -0.354 e. The van der Waals surface area contributed by atoms with Gasteiger partial charge in [0.15, 0.2) is 0 Å². The maximum absolute atomic E-state index is 12.6. The second kappa shape index (κ2) is 9.76. The van der Waals surface area contributed by atoms with Gasteiger partial charge in [0.2, 0.25) is 5.91 Å². The van der Waals surface area contributed by atoms with Crippen LogP contribution in [-0.2, 0) is 11.2 Å². The molecule has 0 aliphatic heterocycles. The van der Waals surface area contributed by atoms with E-state index in [0.717, 1.165) is 12.0 Å². The highest BCUT2D eigenvalue weighted by molar-refractivity contribution is 5.98. The molecule has 1 atom stereocenters. The number of amides is 2. The minimum absolute atomic E-state index is 0.128. The summed E-state index contributed by atoms with van der Waals surface area (Å²) in [5.74, 6) is -0.0273. The van der Waals surface area contributed by atoms with E-state index in [2.05, 4.69) is 10.6 Å². The van der Waals surface area contributed by atoms with Crippen LogP contribution in [0.4, 0.5) is 0 Å². The van der Waals surface area contributed by atoms with Gasteiger partial charge in [-0.15, -0.1) is 0 Å². The maximum Gasteiger partial charge on any atom is 0.252 e. The number of hydrogen-bond acceptors (Lipinski definition) is 2. The van der Waals surface area contributed by atoms with E-state index in [1.54, 1.807) is 6.07 Å². The van der Waals surface area contributed by atoms with Crippen molar-refractivity contribution in [3.63, 3.8) is 0 Å². The van der Waals surface area contributed by atoms with Crippen molar-refractivity contribution in [3.8, 4) is 0 Å². The Morgan fingerprint density at radius 1 is 0.962 bits per heavy atom. The average Bonchev–Trinajstić information content (AvgIpc) is 2.62. The molecule has 0 fully saturated rings. The van der Waals surface area contributed by atoms with E-state index in [4.69, 9.17) is 0 Å². The molecule has 2 rings (SSSR count). The van der Waals surface area contributed by atoms with Crippen molar-refractivity contribution in [2.24, 2.45) is 5.92 Å². The Labute approximate surface area is 156 Å². The summed E-state index contributed by atoms with van der Waals surface area (Å²) >= 11 is 0. The largest absolute Gasteiger partial charge is 0.354 e. The van der Waals surface area contributed by atoms with Gasteiger partial charge in [0, 0.05) is 12.1 Å². The van der Waals surface area contributed by atoms with Crippen LogP contribution in [0.25, 0.3) is 0 Å². The number of hydrogen-bond donors (Lipinski definition) is 2. The number of carbonyl (C=O) groups is 2. The van der Waals surface area contributed by atoms with Crippen LogP contribution in [0.15, 0.2) is 54.6 Å². The maximum atomic E-state index is 12.6. The first kappa shape index (κ1) is 19.7. The summed E-state index contributed by atoms with van der Waals surface area (Å²) in [6.45, 7) is 6.54. The summed E-state index contributed by atoms with van der Waals surface area (Å²) in [5, 5.41) is 5.86. The van der Waals surface area contributed by atoms with Crippen LogP contribution >= 0.6 is 0 Å². The number of benzene rings is 2. The van der Waals surface area contributed by atoms with Gasteiger partial charge >= 0.3 is 0 Å². The molecule has 4 heteroatoms. The topological polar surface area (TPSA) is 58.2 Å². The predicted octanol–water partition coefficient (Wildman–Crippen LogP) is 3.50. The number of nitrogens with one attached hydrogen (secondary N) is 2. The molecule has 0 aliphatic rings. The lowest BCUT2D eigenvalue weighted by Gasteiger charge is -2.20. The molecule has 2 aromatic carbocycles. The Bertz CT molecular complexity index is 726. The molecule has 0 bridgehead atoms. The van der Waals surface area contributed by atoms with E-state index in [1.165, 1.54) is 5.56 Å². The first-order chi connectivity index (χ1) is 12.5. The SMILES string of the molecule is Cc1ccccc1C(=O)NC(CC(C)C)C(=O)NCCc1ccccc1. The lowest BCUT2D eigenvalue weighted by atomic mass is 10.0. The minimum atomic E-state index is -0.530. The summed E-state index contributed by atoms with van der Waals surface area (Å²) in [6, 6.07) is 16.9. The first-order valence-corrected chi connectivity index (χ1v) is 9.15. The zero-order chi connectivity index (χ0) is 18.9. The molecule has 0 spiro atoms. The van der Waals surface area contributed by atoms with Crippen LogP contribution in [-0.4, -0.2) is 24.4 Å². The Hall–Kier alpha value is -2.62. The third-order valence-corrected chi connectivity index (χ3v) is 4.27. The summed E-state index contributed by atoms with van der Waals surface area (Å²) < 4.78 is 0. The van der Waals surface area contributed by atoms with E-state index in [1.807, 2.05) is 69.3 Å². The van der Waals surface area contributed by atoms with Crippen molar-refractivity contribution in [2.45, 2.75) is 39.7 Å². The zero-order valence-electron chi connectivity index (χ0n) is 15.8. The lowest BCUT2D eigenvalue weighted by Crippen LogP contribution is -2.48. The van der Waals surface area contributed by atoms with Crippen molar-refractivity contribution in [3.05, 3.63) is 71.3 Å². The van der Waals surface area contributed by atoms with Gasteiger partial charge in [-0.05, 0) is 42.9 Å². The average molecular weight is 352 g/mol. The third-order valence-electron chi connectivity index (χ3n) is 4.27. The molecular formula is C22H28N2O2. The Morgan fingerprint density at radius 3 is 2.27 bits per heavy atom. The van der Waals surface area contributed by atoms with E-state index in [0.29, 0.717) is 24.4 Å². The van der Waals surface area contributed by atoms with E-state index in [-0.39, 0.29) is 11.8 Å². The smallest absolute Gasteiger partial charge is 0.252 e. The number of carbonyl (C=O) groups excluding carboxylic acids is 2. The van der Waals surface area contributed by atoms with E-state index >= 15 is 0 Å². The van der Waals surface area contributed by atoms with Crippen LogP contribution in [0, 0.1) is 12.8 Å². The van der Waals surface area contributed by atoms with Crippen molar-refractivity contribution >= 4 is 11.8 Å². The van der Waals surface area contributed by atoms with Crippen molar-refractivity contribution < 1.29 is 9.59 Å². The summed E-state index contributed by atoms with van der Waals surface area (Å²) in [7, 11) is 0. The Kier molecular flexibility index (Phi) is 7.39. The molecule has 2 amide bonds. The van der Waals surface area contributed by atoms with Crippen molar-refractivity contribution in [2.75, 3.05) is 6.54 Å². The van der Waals surface area contributed by atoms with Gasteiger partial charge in [-0.3, -0.25) is 9.59 Å². The fourth-order valence-electron chi connectivity index (χ4n) is 2.86. The Balaban J connectivity index is 1.96. The molecule has 0 saturated heterocycles. The normalized spacial score (nSPS) is 11.8. The molecule has 0 heterocycles. The van der Waals surface area contributed by atoms with Gasteiger partial charge in [0.25, 0.3) is 5.91 Å². The highest BCUT2D eigenvalue weighted by atomic mass is 16.2. The highest BCUT2D eigenvalue weighted by Gasteiger charge is 2.22. The van der Waals surface area contributed by atoms with Gasteiger partial charge in [0.05, 0.1) is 0 Å². The van der Waals surface area contributed by atoms with Gasteiger partial charge in [0.1, 0.15) is 6.04 Å². The Morgan fingerprint density at radius 2 is 1.62 bits per heavy atom. The second-order valence-corrected chi connectivity index (χ2v) is 7.00. The fourth-order valence-corrected chi connectivity index (χ4v) is 2.86. The lowest BCUT2D eigenvalue weighted by molar-refractivity contribution is -0.123. The highest BCUT2D eigenvalue weighted by Crippen LogP contribution is 2.10. The molecule has 0 aliphatic carbocycles. The molecule has 2 N–H and O–H groups in total. The summed E-state index contributed by atoms with van der Waals surface area (Å²) in [6.07, 6.45) is 1.38. The summed E-state index contributed by atoms with van der Waals surface area (Å²) in [5.41, 5.74) is 2.69. The van der Waals surface area contributed by atoms with Crippen LogP contribution < -0.4 is 10.6 Å². The third kappa shape index (κ3) is 6.03. The molecule has 26 heavy (non-hydrogen) atoms. The van der Waals surface area contributed by atoms with Crippen molar-refractivity contribution in [1.82, 2.24) is 10.6 Å². The zero-order valence-corrected chi connectivity index (χ0v) is 15.8. The van der Waals surface area contributed by atoms with Gasteiger partial charge < -0.3 is 10.6 Å². The number of rotatable bonds is 8. The van der Waals surface area contributed by atoms with Crippen LogP contribution in [0.3, 0.4) is 0 Å².